The first-order chi connectivity index (χ1) is 9.17. The second-order valence-corrected chi connectivity index (χ2v) is 4.66. The maximum Gasteiger partial charge on any atom is 0.225 e. The molecule has 0 heterocycles. The average molecular weight is 285 g/mol. The highest BCUT2D eigenvalue weighted by Crippen LogP contribution is 2.27. The van der Waals surface area contributed by atoms with E-state index < -0.39 is 0 Å². The number of benzene rings is 1. The Balaban J connectivity index is 2.34. The third kappa shape index (κ3) is 5.94. The van der Waals surface area contributed by atoms with Crippen molar-refractivity contribution in [2.24, 2.45) is 0 Å². The molecule has 19 heavy (non-hydrogen) atoms. The van der Waals surface area contributed by atoms with Crippen molar-refractivity contribution in [1.29, 1.82) is 0 Å². The summed E-state index contributed by atoms with van der Waals surface area (Å²) in [6.07, 6.45) is 2.74. The zero-order valence-corrected chi connectivity index (χ0v) is 12.2. The van der Waals surface area contributed by atoms with Crippen molar-refractivity contribution >= 4 is 23.2 Å². The van der Waals surface area contributed by atoms with Crippen LogP contribution < -0.4 is 15.4 Å². The van der Waals surface area contributed by atoms with Crippen molar-refractivity contribution in [2.75, 3.05) is 25.5 Å². The Kier molecular flexibility index (Phi) is 7.30. The van der Waals surface area contributed by atoms with E-state index in [4.69, 9.17) is 16.3 Å². The maximum atomic E-state index is 11.7. The Morgan fingerprint density at radius 1 is 1.37 bits per heavy atom. The Labute approximate surface area is 119 Å². The zero-order valence-electron chi connectivity index (χ0n) is 11.5. The highest BCUT2D eigenvalue weighted by atomic mass is 35.5. The van der Waals surface area contributed by atoms with Crippen molar-refractivity contribution in [2.45, 2.75) is 26.2 Å². The van der Waals surface area contributed by atoms with E-state index in [0.717, 1.165) is 19.4 Å². The Bertz CT molecular complexity index is 410. The van der Waals surface area contributed by atoms with Gasteiger partial charge in [0.1, 0.15) is 5.75 Å². The molecule has 1 amide bonds. The van der Waals surface area contributed by atoms with Crippen LogP contribution in [0.3, 0.4) is 0 Å². The molecule has 0 aromatic heterocycles. The van der Waals surface area contributed by atoms with Crippen LogP contribution in [0, 0.1) is 0 Å². The molecule has 1 rings (SSSR count). The number of nitrogens with one attached hydrogen (secondary N) is 2. The highest BCUT2D eigenvalue weighted by Gasteiger charge is 2.05. The van der Waals surface area contributed by atoms with Gasteiger partial charge in [0, 0.05) is 18.7 Å². The predicted molar refractivity (Wildman–Crippen MR) is 79.0 cm³/mol. The van der Waals surface area contributed by atoms with Gasteiger partial charge in [-0.3, -0.25) is 4.79 Å². The molecule has 0 aliphatic rings. The first kappa shape index (κ1) is 15.8. The monoisotopic (exact) mass is 284 g/mol. The number of rotatable bonds is 8. The number of hydrogen-bond acceptors (Lipinski definition) is 3. The number of unbranched alkanes of at least 4 members (excludes halogenated alkanes) is 1. The number of anilines is 1. The lowest BCUT2D eigenvalue weighted by Crippen LogP contribution is -2.22. The third-order valence-electron chi connectivity index (χ3n) is 2.67. The van der Waals surface area contributed by atoms with Crippen LogP contribution in [0.4, 0.5) is 5.69 Å². The van der Waals surface area contributed by atoms with Crippen LogP contribution in [0.1, 0.15) is 26.2 Å². The SMILES string of the molecule is CCCCNCCC(=O)Nc1ccc(OC)c(Cl)c1. The van der Waals surface area contributed by atoms with Crippen molar-refractivity contribution in [3.8, 4) is 5.75 Å². The van der Waals surface area contributed by atoms with Gasteiger partial charge in [-0.15, -0.1) is 0 Å². The molecule has 106 valence electrons. The largest absolute Gasteiger partial charge is 0.495 e. The second-order valence-electron chi connectivity index (χ2n) is 4.25. The molecule has 5 heteroatoms. The molecule has 0 atom stereocenters. The van der Waals surface area contributed by atoms with Crippen molar-refractivity contribution < 1.29 is 9.53 Å². The van der Waals surface area contributed by atoms with E-state index in [0.29, 0.717) is 29.4 Å². The molecule has 0 saturated carbocycles. The molecule has 1 aromatic rings. The number of carbonyl (C=O) groups excluding carboxylic acids is 1. The van der Waals surface area contributed by atoms with E-state index in [1.165, 1.54) is 0 Å². The molecule has 0 spiro atoms. The van der Waals surface area contributed by atoms with Gasteiger partial charge in [0.05, 0.1) is 12.1 Å². The fourth-order valence-corrected chi connectivity index (χ4v) is 1.85. The summed E-state index contributed by atoms with van der Waals surface area (Å²) in [5.41, 5.74) is 0.685. The Hall–Kier alpha value is -1.26. The smallest absolute Gasteiger partial charge is 0.225 e. The van der Waals surface area contributed by atoms with Crippen LogP contribution in [-0.4, -0.2) is 26.1 Å². The van der Waals surface area contributed by atoms with Crippen molar-refractivity contribution in [3.05, 3.63) is 23.2 Å². The average Bonchev–Trinajstić information content (AvgIpc) is 2.39. The molecular formula is C14H21ClN2O2. The number of ether oxygens (including phenoxy) is 1. The Morgan fingerprint density at radius 3 is 2.79 bits per heavy atom. The predicted octanol–water partition coefficient (Wildman–Crippen LogP) is 3.07. The third-order valence-corrected chi connectivity index (χ3v) is 2.97. The van der Waals surface area contributed by atoms with E-state index in [1.54, 1.807) is 25.3 Å². The first-order valence-electron chi connectivity index (χ1n) is 6.51. The van der Waals surface area contributed by atoms with E-state index in [-0.39, 0.29) is 5.91 Å². The van der Waals surface area contributed by atoms with Gasteiger partial charge in [0.25, 0.3) is 0 Å². The topological polar surface area (TPSA) is 50.4 Å². The number of carbonyl (C=O) groups is 1. The lowest BCUT2D eigenvalue weighted by molar-refractivity contribution is -0.116. The molecule has 1 aromatic carbocycles. The molecule has 0 saturated heterocycles. The highest BCUT2D eigenvalue weighted by molar-refractivity contribution is 6.32. The second kappa shape index (κ2) is 8.77. The van der Waals surface area contributed by atoms with Crippen LogP contribution >= 0.6 is 11.6 Å². The van der Waals surface area contributed by atoms with Crippen LogP contribution in [0.2, 0.25) is 5.02 Å². The minimum absolute atomic E-state index is 0.0229. The van der Waals surface area contributed by atoms with Crippen molar-refractivity contribution in [3.63, 3.8) is 0 Å². The number of halogens is 1. The molecule has 0 unspecified atom stereocenters. The fourth-order valence-electron chi connectivity index (χ4n) is 1.60. The van der Waals surface area contributed by atoms with Crippen LogP contribution in [0.25, 0.3) is 0 Å². The van der Waals surface area contributed by atoms with E-state index in [2.05, 4.69) is 17.6 Å². The van der Waals surface area contributed by atoms with E-state index >= 15 is 0 Å². The minimum atomic E-state index is -0.0229. The van der Waals surface area contributed by atoms with Gasteiger partial charge in [0.2, 0.25) is 5.91 Å². The standard InChI is InChI=1S/C14H21ClN2O2/c1-3-4-8-16-9-7-14(18)17-11-5-6-13(19-2)12(15)10-11/h5-6,10,16H,3-4,7-9H2,1-2H3,(H,17,18). The van der Waals surface area contributed by atoms with Gasteiger partial charge < -0.3 is 15.4 Å². The molecule has 0 aliphatic heterocycles. The van der Waals surface area contributed by atoms with Crippen LogP contribution in [-0.2, 0) is 4.79 Å². The molecule has 0 fully saturated rings. The molecule has 0 bridgehead atoms. The summed E-state index contributed by atoms with van der Waals surface area (Å²) in [6.45, 7) is 3.79. The van der Waals surface area contributed by atoms with Crippen LogP contribution in [0.5, 0.6) is 5.75 Å². The summed E-state index contributed by atoms with van der Waals surface area (Å²) >= 11 is 5.99. The number of methoxy groups -OCH3 is 1. The fraction of sp³-hybridized carbons (Fsp3) is 0.500. The normalized spacial score (nSPS) is 10.3. The molecule has 0 aliphatic carbocycles. The van der Waals surface area contributed by atoms with Crippen LogP contribution in [0.15, 0.2) is 18.2 Å². The molecule has 2 N–H and O–H groups in total. The van der Waals surface area contributed by atoms with Gasteiger partial charge >= 0.3 is 0 Å². The molecular weight excluding hydrogens is 264 g/mol. The molecule has 0 radical (unpaired) electrons. The summed E-state index contributed by atoms with van der Waals surface area (Å²) in [6, 6.07) is 5.19. The quantitative estimate of drug-likeness (QED) is 0.721. The maximum absolute atomic E-state index is 11.7. The summed E-state index contributed by atoms with van der Waals surface area (Å²) in [5, 5.41) is 6.52. The van der Waals surface area contributed by atoms with Gasteiger partial charge in [0.15, 0.2) is 0 Å². The van der Waals surface area contributed by atoms with E-state index in [1.807, 2.05) is 0 Å². The summed E-state index contributed by atoms with van der Waals surface area (Å²) in [4.78, 5) is 11.7. The summed E-state index contributed by atoms with van der Waals surface area (Å²) in [5.74, 6) is 0.575. The minimum Gasteiger partial charge on any atom is -0.495 e. The number of amides is 1. The lowest BCUT2D eigenvalue weighted by atomic mass is 10.3. The zero-order chi connectivity index (χ0) is 14.1. The lowest BCUT2D eigenvalue weighted by Gasteiger charge is -2.08. The van der Waals surface area contributed by atoms with Gasteiger partial charge in [-0.1, -0.05) is 24.9 Å². The Morgan fingerprint density at radius 2 is 2.16 bits per heavy atom. The summed E-state index contributed by atoms with van der Waals surface area (Å²) < 4.78 is 5.05. The van der Waals surface area contributed by atoms with Gasteiger partial charge in [-0.2, -0.15) is 0 Å². The molecule has 4 nitrogen and oxygen atoms in total. The van der Waals surface area contributed by atoms with Gasteiger partial charge in [-0.25, -0.2) is 0 Å². The first-order valence-corrected chi connectivity index (χ1v) is 6.89. The van der Waals surface area contributed by atoms with E-state index in [9.17, 15) is 4.79 Å². The van der Waals surface area contributed by atoms with Gasteiger partial charge in [-0.05, 0) is 31.2 Å². The van der Waals surface area contributed by atoms with Crippen molar-refractivity contribution in [1.82, 2.24) is 5.32 Å². The number of hydrogen-bond donors (Lipinski definition) is 2. The summed E-state index contributed by atoms with van der Waals surface area (Å²) in [7, 11) is 1.56.